The molecule has 0 aromatic rings. The molecule has 2 rings (SSSR count). The third-order valence-electron chi connectivity index (χ3n) is 3.41. The van der Waals surface area contributed by atoms with Crippen LogP contribution in [0.15, 0.2) is 0 Å². The molecule has 2 heterocycles. The average Bonchev–Trinajstić information content (AvgIpc) is 2.92. The lowest BCUT2D eigenvalue weighted by atomic mass is 10.2. The highest BCUT2D eigenvalue weighted by Gasteiger charge is 2.39. The van der Waals surface area contributed by atoms with Gasteiger partial charge in [-0.15, -0.1) is 0 Å². The summed E-state index contributed by atoms with van der Waals surface area (Å²) in [5, 5.41) is 23.7. The van der Waals surface area contributed by atoms with E-state index in [2.05, 4.69) is 10.6 Å². The number of amides is 3. The zero-order valence-corrected chi connectivity index (χ0v) is 10.3. The molecule has 4 N–H and O–H groups in total. The van der Waals surface area contributed by atoms with Crippen LogP contribution in [-0.4, -0.2) is 64.3 Å². The first kappa shape index (κ1) is 13.6. The first-order chi connectivity index (χ1) is 8.97. The highest BCUT2D eigenvalue weighted by Crippen LogP contribution is 2.18. The number of carboxylic acids is 1. The topological polar surface area (TPSA) is 119 Å². The lowest BCUT2D eigenvalue weighted by Gasteiger charge is -2.22. The number of aliphatic hydroxyl groups is 1. The van der Waals surface area contributed by atoms with Gasteiger partial charge in [0.1, 0.15) is 6.04 Å². The summed E-state index contributed by atoms with van der Waals surface area (Å²) in [5.74, 6) is -1.17. The number of aliphatic hydroxyl groups excluding tert-OH is 1. The van der Waals surface area contributed by atoms with E-state index in [1.807, 2.05) is 0 Å². The normalized spacial score (nSPS) is 30.3. The van der Waals surface area contributed by atoms with Gasteiger partial charge in [-0.05, 0) is 6.42 Å². The number of hydrogen-bond donors (Lipinski definition) is 4. The van der Waals surface area contributed by atoms with Crippen molar-refractivity contribution in [1.29, 1.82) is 0 Å². The fraction of sp³-hybridized carbons (Fsp3) is 0.727. The van der Waals surface area contributed by atoms with Gasteiger partial charge in [0, 0.05) is 32.0 Å². The van der Waals surface area contributed by atoms with Crippen molar-refractivity contribution in [3.05, 3.63) is 0 Å². The molecule has 2 saturated heterocycles. The third kappa shape index (κ3) is 3.14. The molecule has 0 radical (unpaired) electrons. The Balaban J connectivity index is 1.85. The maximum atomic E-state index is 11.9. The zero-order chi connectivity index (χ0) is 14.0. The number of aliphatic carboxylic acids is 1. The highest BCUT2D eigenvalue weighted by molar-refractivity contribution is 5.83. The molecule has 2 fully saturated rings. The number of carboxylic acid groups (broad SMARTS) is 1. The van der Waals surface area contributed by atoms with Crippen LogP contribution in [0.2, 0.25) is 0 Å². The minimum Gasteiger partial charge on any atom is -0.480 e. The largest absolute Gasteiger partial charge is 0.480 e. The standard InChI is InChI=1S/C11H17N3O5/c15-7-3-8(10(17)18)14(5-7)11(19)12-4-6-1-2-9(16)13-6/h6-8,15H,1-5H2,(H,12,19)(H,13,16)(H,17,18). The summed E-state index contributed by atoms with van der Waals surface area (Å²) >= 11 is 0. The molecule has 0 saturated carbocycles. The molecule has 3 atom stereocenters. The van der Waals surface area contributed by atoms with E-state index >= 15 is 0 Å². The summed E-state index contributed by atoms with van der Waals surface area (Å²) in [6.07, 6.45) is 0.339. The Hall–Kier alpha value is -1.83. The van der Waals surface area contributed by atoms with E-state index in [9.17, 15) is 19.5 Å². The Labute approximate surface area is 109 Å². The first-order valence-electron chi connectivity index (χ1n) is 6.22. The molecule has 8 nitrogen and oxygen atoms in total. The number of carbonyl (C=O) groups is 3. The summed E-state index contributed by atoms with van der Waals surface area (Å²) in [7, 11) is 0. The molecule has 8 heteroatoms. The van der Waals surface area contributed by atoms with Crippen LogP contribution in [0.25, 0.3) is 0 Å². The SMILES string of the molecule is O=C1CCC(CNC(=O)N2CC(O)CC2C(=O)O)N1. The average molecular weight is 271 g/mol. The van der Waals surface area contributed by atoms with E-state index in [-0.39, 0.29) is 31.5 Å². The van der Waals surface area contributed by atoms with Crippen LogP contribution in [0, 0.1) is 0 Å². The summed E-state index contributed by atoms with van der Waals surface area (Å²) in [6, 6.07) is -1.62. The van der Waals surface area contributed by atoms with Crippen molar-refractivity contribution in [2.75, 3.05) is 13.1 Å². The Morgan fingerprint density at radius 1 is 1.47 bits per heavy atom. The summed E-state index contributed by atoms with van der Waals surface area (Å²) in [4.78, 5) is 35.0. The molecule has 0 aromatic heterocycles. The Morgan fingerprint density at radius 2 is 2.21 bits per heavy atom. The number of nitrogens with zero attached hydrogens (tertiary/aromatic N) is 1. The molecular formula is C11H17N3O5. The van der Waals surface area contributed by atoms with Crippen molar-refractivity contribution < 1.29 is 24.6 Å². The molecule has 0 aliphatic carbocycles. The second-order valence-corrected chi connectivity index (χ2v) is 4.89. The number of carbonyl (C=O) groups excluding carboxylic acids is 2. The fourth-order valence-corrected chi connectivity index (χ4v) is 2.41. The van der Waals surface area contributed by atoms with E-state index in [0.717, 1.165) is 4.90 Å². The van der Waals surface area contributed by atoms with Crippen LogP contribution < -0.4 is 10.6 Å². The van der Waals surface area contributed by atoms with E-state index in [1.54, 1.807) is 0 Å². The number of urea groups is 1. The summed E-state index contributed by atoms with van der Waals surface area (Å²) < 4.78 is 0. The molecule has 0 aromatic carbocycles. The number of rotatable bonds is 3. The van der Waals surface area contributed by atoms with Crippen molar-refractivity contribution in [3.8, 4) is 0 Å². The van der Waals surface area contributed by atoms with Gasteiger partial charge in [-0.25, -0.2) is 9.59 Å². The number of hydrogen-bond acceptors (Lipinski definition) is 4. The zero-order valence-electron chi connectivity index (χ0n) is 10.3. The lowest BCUT2D eigenvalue weighted by Crippen LogP contribution is -2.49. The van der Waals surface area contributed by atoms with Crippen LogP contribution in [0.1, 0.15) is 19.3 Å². The number of nitrogens with one attached hydrogen (secondary N) is 2. The predicted molar refractivity (Wildman–Crippen MR) is 63.3 cm³/mol. The maximum absolute atomic E-state index is 11.9. The van der Waals surface area contributed by atoms with Gasteiger partial charge in [0.25, 0.3) is 0 Å². The van der Waals surface area contributed by atoms with Gasteiger partial charge in [0.05, 0.1) is 6.10 Å². The van der Waals surface area contributed by atoms with Crippen molar-refractivity contribution in [3.63, 3.8) is 0 Å². The second-order valence-electron chi connectivity index (χ2n) is 4.89. The molecule has 0 spiro atoms. The third-order valence-corrected chi connectivity index (χ3v) is 3.41. The maximum Gasteiger partial charge on any atom is 0.326 e. The first-order valence-corrected chi connectivity index (χ1v) is 6.22. The van der Waals surface area contributed by atoms with Crippen LogP contribution >= 0.6 is 0 Å². The van der Waals surface area contributed by atoms with E-state index < -0.39 is 24.1 Å². The lowest BCUT2D eigenvalue weighted by molar-refractivity contribution is -0.141. The van der Waals surface area contributed by atoms with Crippen LogP contribution in [0.5, 0.6) is 0 Å². The van der Waals surface area contributed by atoms with Gasteiger partial charge in [-0.1, -0.05) is 0 Å². The highest BCUT2D eigenvalue weighted by atomic mass is 16.4. The van der Waals surface area contributed by atoms with Crippen LogP contribution in [0.4, 0.5) is 4.79 Å². The van der Waals surface area contributed by atoms with E-state index in [0.29, 0.717) is 12.8 Å². The molecule has 3 unspecified atom stereocenters. The van der Waals surface area contributed by atoms with Crippen LogP contribution in [-0.2, 0) is 9.59 Å². The molecule has 0 bridgehead atoms. The van der Waals surface area contributed by atoms with Gasteiger partial charge in [0.2, 0.25) is 5.91 Å². The van der Waals surface area contributed by atoms with Gasteiger partial charge in [-0.3, -0.25) is 4.79 Å². The van der Waals surface area contributed by atoms with Crippen LogP contribution in [0.3, 0.4) is 0 Å². The minimum absolute atomic E-state index is 0.0137. The van der Waals surface area contributed by atoms with Gasteiger partial charge >= 0.3 is 12.0 Å². The van der Waals surface area contributed by atoms with Gasteiger partial charge < -0.3 is 25.7 Å². The van der Waals surface area contributed by atoms with Gasteiger partial charge in [-0.2, -0.15) is 0 Å². The van der Waals surface area contributed by atoms with Crippen molar-refractivity contribution in [1.82, 2.24) is 15.5 Å². The Bertz CT molecular complexity index is 400. The predicted octanol–water partition coefficient (Wildman–Crippen LogP) is -1.51. The molecule has 19 heavy (non-hydrogen) atoms. The molecule has 3 amide bonds. The molecule has 106 valence electrons. The number of β-amino-alcohol motifs (C(OH)–C–C–N with tert-alkyl or cyclic N) is 1. The second kappa shape index (κ2) is 5.43. The van der Waals surface area contributed by atoms with Crippen molar-refractivity contribution >= 4 is 17.9 Å². The molecule has 2 aliphatic rings. The van der Waals surface area contributed by atoms with Gasteiger partial charge in [0.15, 0.2) is 0 Å². The quantitative estimate of drug-likeness (QED) is 0.498. The molecule has 2 aliphatic heterocycles. The molecular weight excluding hydrogens is 254 g/mol. The van der Waals surface area contributed by atoms with E-state index in [4.69, 9.17) is 5.11 Å². The monoisotopic (exact) mass is 271 g/mol. The smallest absolute Gasteiger partial charge is 0.326 e. The minimum atomic E-state index is -1.12. The van der Waals surface area contributed by atoms with E-state index in [1.165, 1.54) is 0 Å². The Morgan fingerprint density at radius 3 is 2.79 bits per heavy atom. The fourth-order valence-electron chi connectivity index (χ4n) is 2.41. The number of likely N-dealkylation sites (tertiary alicyclic amines) is 1. The summed E-state index contributed by atoms with van der Waals surface area (Å²) in [5.41, 5.74) is 0. The Kier molecular flexibility index (Phi) is 3.89. The summed E-state index contributed by atoms with van der Waals surface area (Å²) in [6.45, 7) is 0.281. The van der Waals surface area contributed by atoms with Crippen molar-refractivity contribution in [2.24, 2.45) is 0 Å². The van der Waals surface area contributed by atoms with Crippen molar-refractivity contribution in [2.45, 2.75) is 37.5 Å².